The van der Waals surface area contributed by atoms with Crippen LogP contribution in [0.2, 0.25) is 0 Å². The normalized spacial score (nSPS) is 11.0. The molecular formula is C56H67N5O. The molecule has 2 N–H and O–H groups in total. The smallest absolute Gasteiger partial charge is 0.249 e. The monoisotopic (exact) mass is 826 g/mol. The van der Waals surface area contributed by atoms with Gasteiger partial charge in [0.1, 0.15) is 0 Å². The molecule has 6 rings (SSSR count). The lowest BCUT2D eigenvalue weighted by Crippen LogP contribution is -2.21. The van der Waals surface area contributed by atoms with Crippen LogP contribution in [0.4, 0.5) is 22.7 Å². The topological polar surface area (TPSA) is 56.1 Å². The molecule has 6 nitrogen and oxygen atoms in total. The molecule has 0 aliphatic rings. The first-order chi connectivity index (χ1) is 30.2. The number of carbonyl (C=O) groups excluding carboxylic acids is 1. The van der Waals surface area contributed by atoms with Crippen molar-refractivity contribution in [3.8, 4) is 0 Å². The number of hydrogen-bond donors (Lipinski definition) is 1. The van der Waals surface area contributed by atoms with E-state index in [2.05, 4.69) is 196 Å². The maximum absolute atomic E-state index is 13.8. The van der Waals surface area contributed by atoms with Crippen LogP contribution >= 0.6 is 0 Å². The Morgan fingerprint density at radius 1 is 0.435 bits per heavy atom. The molecule has 0 bridgehead atoms. The summed E-state index contributed by atoms with van der Waals surface area (Å²) in [7, 11) is 0. The van der Waals surface area contributed by atoms with E-state index in [1.807, 2.05) is 24.3 Å². The van der Waals surface area contributed by atoms with Crippen LogP contribution in [0.25, 0.3) is 21.9 Å². The zero-order valence-electron chi connectivity index (χ0n) is 38.4. The Hall–Kier alpha value is -6.27. The van der Waals surface area contributed by atoms with Gasteiger partial charge < -0.3 is 25.3 Å². The van der Waals surface area contributed by atoms with E-state index in [4.69, 9.17) is 5.73 Å². The number of primary amides is 1. The molecule has 0 fully saturated rings. The summed E-state index contributed by atoms with van der Waals surface area (Å²) in [6.07, 6.45) is 4.70. The summed E-state index contributed by atoms with van der Waals surface area (Å²) in [5, 5.41) is 1.84. The Bertz CT molecular complexity index is 2180. The molecule has 0 heterocycles. The quantitative estimate of drug-likeness (QED) is 0.0831. The molecule has 0 radical (unpaired) electrons. The van der Waals surface area contributed by atoms with Gasteiger partial charge in [0.2, 0.25) is 5.91 Å². The lowest BCUT2D eigenvalue weighted by atomic mass is 9.83. The largest absolute Gasteiger partial charge is 0.372 e. The molecule has 0 aliphatic carbocycles. The van der Waals surface area contributed by atoms with Crippen molar-refractivity contribution in [2.45, 2.75) is 61.3 Å². The third-order valence-electron chi connectivity index (χ3n) is 12.5. The van der Waals surface area contributed by atoms with Crippen LogP contribution in [0.5, 0.6) is 0 Å². The second-order valence-corrected chi connectivity index (χ2v) is 15.7. The first-order valence-corrected chi connectivity index (χ1v) is 22.9. The Kier molecular flexibility index (Phi) is 15.7. The maximum Gasteiger partial charge on any atom is 0.249 e. The Labute approximate surface area is 372 Å². The van der Waals surface area contributed by atoms with Crippen molar-refractivity contribution in [3.63, 3.8) is 0 Å². The standard InChI is InChI=1S/C56H67N5O/c1-9-58(10-2)47-30-21-42(22-31-47)53(43-23-32-48(33-24-43)59(11-3)12-4)39-46(52-38-29-41-19-17-18-20-51(41)55(52)56(57)62)40-54(44-25-34-49(35-26-44)60(13-5)14-6)45-27-36-50(37-28-45)61(15-7)16-8/h17-40,46H,9-16H2,1-8H3,(H2,57,62). The fourth-order valence-corrected chi connectivity index (χ4v) is 8.91. The van der Waals surface area contributed by atoms with Gasteiger partial charge >= 0.3 is 0 Å². The highest BCUT2D eigenvalue weighted by Crippen LogP contribution is 2.38. The average Bonchev–Trinajstić information content (AvgIpc) is 3.31. The molecule has 1 amide bonds. The van der Waals surface area contributed by atoms with Gasteiger partial charge in [0, 0.05) is 81.0 Å². The van der Waals surface area contributed by atoms with Crippen molar-refractivity contribution in [1.82, 2.24) is 0 Å². The Morgan fingerprint density at radius 3 is 1.03 bits per heavy atom. The summed E-state index contributed by atoms with van der Waals surface area (Å²) in [5.74, 6) is -0.798. The van der Waals surface area contributed by atoms with E-state index in [1.165, 1.54) is 22.7 Å². The molecule has 0 aliphatic heterocycles. The van der Waals surface area contributed by atoms with Crippen LogP contribution in [-0.4, -0.2) is 58.3 Å². The van der Waals surface area contributed by atoms with Crippen LogP contribution < -0.4 is 25.3 Å². The third kappa shape index (κ3) is 10.1. The number of nitrogens with two attached hydrogens (primary N) is 1. The molecule has 6 aromatic rings. The highest BCUT2D eigenvalue weighted by molar-refractivity contribution is 6.08. The number of fused-ring (bicyclic) bond motifs is 1. The van der Waals surface area contributed by atoms with E-state index < -0.39 is 5.91 Å². The maximum atomic E-state index is 13.8. The van der Waals surface area contributed by atoms with Gasteiger partial charge in [-0.15, -0.1) is 0 Å². The molecule has 0 aromatic heterocycles. The summed E-state index contributed by atoms with van der Waals surface area (Å²) in [6.45, 7) is 25.1. The Morgan fingerprint density at radius 2 is 0.742 bits per heavy atom. The first kappa shape index (κ1) is 45.3. The van der Waals surface area contributed by atoms with E-state index in [0.29, 0.717) is 5.56 Å². The van der Waals surface area contributed by atoms with Gasteiger partial charge in [-0.3, -0.25) is 4.79 Å². The fraction of sp³-hybridized carbons (Fsp3) is 0.304. The predicted octanol–water partition coefficient (Wildman–Crippen LogP) is 12.7. The highest BCUT2D eigenvalue weighted by atomic mass is 16.1. The van der Waals surface area contributed by atoms with Crippen molar-refractivity contribution in [1.29, 1.82) is 0 Å². The van der Waals surface area contributed by atoms with Crippen molar-refractivity contribution >= 4 is 50.6 Å². The van der Waals surface area contributed by atoms with Crippen molar-refractivity contribution in [2.24, 2.45) is 5.73 Å². The summed E-state index contributed by atoms with van der Waals surface area (Å²) in [4.78, 5) is 23.3. The van der Waals surface area contributed by atoms with Crippen molar-refractivity contribution in [2.75, 3.05) is 72.0 Å². The van der Waals surface area contributed by atoms with Gasteiger partial charge in [-0.25, -0.2) is 0 Å². The molecule has 0 atom stereocenters. The number of hydrogen-bond acceptors (Lipinski definition) is 5. The minimum Gasteiger partial charge on any atom is -0.372 e. The van der Waals surface area contributed by atoms with Crippen LogP contribution in [0.1, 0.15) is 99.5 Å². The van der Waals surface area contributed by atoms with E-state index in [0.717, 1.165) is 102 Å². The molecule has 62 heavy (non-hydrogen) atoms. The van der Waals surface area contributed by atoms with Gasteiger partial charge in [0.15, 0.2) is 0 Å². The predicted molar refractivity (Wildman–Crippen MR) is 269 cm³/mol. The van der Waals surface area contributed by atoms with Crippen LogP contribution in [0, 0.1) is 0 Å². The SMILES string of the molecule is CCN(CC)c1ccc(C(=CC(C=C(c2ccc(N(CC)CC)cc2)c2ccc(N(CC)CC)cc2)c2ccc3ccccc3c2C(N)=O)c2ccc(N(CC)CC)cc2)cc1. The molecule has 0 unspecified atom stereocenters. The Balaban J connectivity index is 1.67. The molecule has 6 heteroatoms. The molecule has 0 saturated heterocycles. The minimum atomic E-state index is -0.439. The number of anilines is 4. The highest BCUT2D eigenvalue weighted by Gasteiger charge is 2.22. The van der Waals surface area contributed by atoms with E-state index in [-0.39, 0.29) is 5.92 Å². The summed E-state index contributed by atoms with van der Waals surface area (Å²) in [5.41, 5.74) is 19.2. The number of rotatable bonds is 20. The molecule has 0 spiro atoms. The molecule has 322 valence electrons. The van der Waals surface area contributed by atoms with Gasteiger partial charge in [-0.2, -0.15) is 0 Å². The van der Waals surface area contributed by atoms with Gasteiger partial charge in [-0.1, -0.05) is 97.1 Å². The van der Waals surface area contributed by atoms with Gasteiger partial charge in [0.25, 0.3) is 0 Å². The van der Waals surface area contributed by atoms with E-state index in [9.17, 15) is 4.79 Å². The second-order valence-electron chi connectivity index (χ2n) is 15.7. The van der Waals surface area contributed by atoms with E-state index >= 15 is 0 Å². The van der Waals surface area contributed by atoms with E-state index in [1.54, 1.807) is 0 Å². The van der Waals surface area contributed by atoms with Crippen LogP contribution in [0.3, 0.4) is 0 Å². The number of nitrogens with zero attached hydrogens (tertiary/aromatic N) is 4. The van der Waals surface area contributed by atoms with Gasteiger partial charge in [-0.05, 0) is 154 Å². The second kappa shape index (κ2) is 21.5. The van der Waals surface area contributed by atoms with Crippen molar-refractivity contribution < 1.29 is 4.79 Å². The minimum absolute atomic E-state index is 0.359. The van der Waals surface area contributed by atoms with Gasteiger partial charge in [0.05, 0.1) is 5.56 Å². The molecule has 0 saturated carbocycles. The third-order valence-corrected chi connectivity index (χ3v) is 12.5. The number of benzene rings is 6. The summed E-state index contributed by atoms with van der Waals surface area (Å²) >= 11 is 0. The lowest BCUT2D eigenvalue weighted by molar-refractivity contribution is 0.100. The number of allylic oxidation sites excluding steroid dienone is 2. The zero-order valence-corrected chi connectivity index (χ0v) is 38.4. The summed E-state index contributed by atoms with van der Waals surface area (Å²) < 4.78 is 0. The number of carbonyl (C=O) groups is 1. The number of amides is 1. The fourth-order valence-electron chi connectivity index (χ4n) is 8.91. The van der Waals surface area contributed by atoms with Crippen LogP contribution in [0.15, 0.2) is 146 Å². The first-order valence-electron chi connectivity index (χ1n) is 22.9. The molecular weight excluding hydrogens is 759 g/mol. The summed E-state index contributed by atoms with van der Waals surface area (Å²) in [6, 6.07) is 48.1. The zero-order chi connectivity index (χ0) is 44.2. The lowest BCUT2D eigenvalue weighted by Gasteiger charge is -2.24. The molecule has 6 aromatic carbocycles. The average molecular weight is 826 g/mol. The van der Waals surface area contributed by atoms with Crippen molar-refractivity contribution in [3.05, 3.63) is 179 Å². The van der Waals surface area contributed by atoms with Crippen LogP contribution in [-0.2, 0) is 0 Å².